The number of hydrogen-bond acceptors (Lipinski definition) is 4. The molecule has 136 valence electrons. The van der Waals surface area contributed by atoms with Gasteiger partial charge in [0.15, 0.2) is 0 Å². The van der Waals surface area contributed by atoms with Gasteiger partial charge in [-0.1, -0.05) is 15.9 Å². The molecule has 0 spiro atoms. The third-order valence-electron chi connectivity index (χ3n) is 4.78. The zero-order valence-electron chi connectivity index (χ0n) is 14.4. The van der Waals surface area contributed by atoms with E-state index in [4.69, 9.17) is 0 Å². The van der Waals surface area contributed by atoms with Crippen molar-refractivity contribution < 1.29 is 9.59 Å². The van der Waals surface area contributed by atoms with Gasteiger partial charge in [-0.2, -0.15) is 0 Å². The van der Waals surface area contributed by atoms with Crippen LogP contribution in [0.25, 0.3) is 0 Å². The Balaban J connectivity index is 1.37. The van der Waals surface area contributed by atoms with Crippen LogP contribution >= 0.6 is 15.9 Å². The summed E-state index contributed by atoms with van der Waals surface area (Å²) in [4.78, 5) is 30.7. The number of hydrogen-bond donors (Lipinski definition) is 1. The first kappa shape index (κ1) is 18.4. The highest BCUT2D eigenvalue weighted by Crippen LogP contribution is 2.14. The fourth-order valence-corrected chi connectivity index (χ4v) is 3.56. The maximum Gasteiger partial charge on any atom is 0.238 e. The van der Waals surface area contributed by atoms with Gasteiger partial charge in [0.1, 0.15) is 0 Å². The Morgan fingerprint density at radius 3 is 2.04 bits per heavy atom. The minimum Gasteiger partial charge on any atom is -0.342 e. The van der Waals surface area contributed by atoms with Gasteiger partial charge in [0.05, 0.1) is 13.1 Å². The lowest BCUT2D eigenvalue weighted by molar-refractivity contribution is -0.132. The fourth-order valence-electron chi connectivity index (χ4n) is 3.30. The summed E-state index contributed by atoms with van der Waals surface area (Å²) in [5.41, 5.74) is 0.808. The number of likely N-dealkylation sites (tertiary alicyclic amines) is 1. The molecule has 0 aliphatic carbocycles. The van der Waals surface area contributed by atoms with Crippen LogP contribution in [-0.4, -0.2) is 78.9 Å². The van der Waals surface area contributed by atoms with Crippen LogP contribution in [0.1, 0.15) is 12.8 Å². The van der Waals surface area contributed by atoms with Gasteiger partial charge in [-0.3, -0.25) is 19.4 Å². The Bertz CT molecular complexity index is 594. The van der Waals surface area contributed by atoms with Crippen molar-refractivity contribution in [3.8, 4) is 0 Å². The number of rotatable bonds is 5. The summed E-state index contributed by atoms with van der Waals surface area (Å²) in [5.74, 6) is 0.253. The van der Waals surface area contributed by atoms with Crippen LogP contribution in [0.15, 0.2) is 28.7 Å². The van der Waals surface area contributed by atoms with Gasteiger partial charge >= 0.3 is 0 Å². The van der Waals surface area contributed by atoms with Gasteiger partial charge in [0.25, 0.3) is 0 Å². The Hall–Kier alpha value is -1.44. The molecule has 0 bridgehead atoms. The molecule has 7 heteroatoms. The van der Waals surface area contributed by atoms with Crippen LogP contribution in [0.5, 0.6) is 0 Å². The van der Waals surface area contributed by atoms with Crippen molar-refractivity contribution in [2.24, 2.45) is 0 Å². The van der Waals surface area contributed by atoms with E-state index < -0.39 is 0 Å². The minimum atomic E-state index is 0.00363. The topological polar surface area (TPSA) is 55.9 Å². The van der Waals surface area contributed by atoms with Crippen LogP contribution in [-0.2, 0) is 9.59 Å². The van der Waals surface area contributed by atoms with Crippen molar-refractivity contribution >= 4 is 33.4 Å². The molecule has 2 fully saturated rings. The number of nitrogens with zero attached hydrogens (tertiary/aromatic N) is 3. The van der Waals surface area contributed by atoms with Crippen LogP contribution < -0.4 is 5.32 Å². The number of carbonyl (C=O) groups is 2. The molecule has 2 heterocycles. The predicted octanol–water partition coefficient (Wildman–Crippen LogP) is 1.63. The first-order valence-electron chi connectivity index (χ1n) is 8.88. The highest BCUT2D eigenvalue weighted by molar-refractivity contribution is 9.10. The molecule has 2 aliphatic heterocycles. The lowest BCUT2D eigenvalue weighted by atomic mass is 10.3. The standard InChI is InChI=1S/C18H25BrN4O2/c19-15-3-5-16(6-4-15)20-17(24)13-21-9-11-22(12-10-21)14-18(25)23-7-1-2-8-23/h3-6H,1-2,7-14H2,(H,20,24). The summed E-state index contributed by atoms with van der Waals surface area (Å²) in [6, 6.07) is 7.57. The summed E-state index contributed by atoms with van der Waals surface area (Å²) in [6.45, 7) is 6.05. The molecule has 2 amide bonds. The number of anilines is 1. The third kappa shape index (κ3) is 5.52. The van der Waals surface area contributed by atoms with E-state index in [9.17, 15) is 9.59 Å². The number of piperazine rings is 1. The SMILES string of the molecule is O=C(CN1CCN(CC(=O)N2CCCC2)CC1)Nc1ccc(Br)cc1. The summed E-state index contributed by atoms with van der Waals surface area (Å²) in [6.07, 6.45) is 2.26. The quantitative estimate of drug-likeness (QED) is 0.804. The Morgan fingerprint density at radius 1 is 0.880 bits per heavy atom. The molecule has 1 N–H and O–H groups in total. The van der Waals surface area contributed by atoms with E-state index in [1.165, 1.54) is 0 Å². The highest BCUT2D eigenvalue weighted by atomic mass is 79.9. The highest BCUT2D eigenvalue weighted by Gasteiger charge is 2.24. The van der Waals surface area contributed by atoms with E-state index in [1.807, 2.05) is 29.2 Å². The van der Waals surface area contributed by atoms with E-state index in [0.717, 1.165) is 62.3 Å². The van der Waals surface area contributed by atoms with E-state index in [0.29, 0.717) is 13.1 Å². The Morgan fingerprint density at radius 2 is 1.44 bits per heavy atom. The van der Waals surface area contributed by atoms with Crippen molar-refractivity contribution in [1.82, 2.24) is 14.7 Å². The maximum absolute atomic E-state index is 12.2. The van der Waals surface area contributed by atoms with Crippen LogP contribution in [0, 0.1) is 0 Å². The zero-order valence-corrected chi connectivity index (χ0v) is 16.0. The summed E-state index contributed by atoms with van der Waals surface area (Å²) in [7, 11) is 0. The first-order chi connectivity index (χ1) is 12.1. The van der Waals surface area contributed by atoms with Crippen molar-refractivity contribution in [1.29, 1.82) is 0 Å². The van der Waals surface area contributed by atoms with Gasteiger partial charge in [0.2, 0.25) is 11.8 Å². The first-order valence-corrected chi connectivity index (χ1v) is 9.67. The monoisotopic (exact) mass is 408 g/mol. The second kappa shape index (κ2) is 8.78. The van der Waals surface area contributed by atoms with Gasteiger partial charge in [-0.05, 0) is 37.1 Å². The molecule has 1 aromatic rings. The van der Waals surface area contributed by atoms with Crippen molar-refractivity contribution in [2.45, 2.75) is 12.8 Å². The molecule has 0 saturated carbocycles. The molecule has 0 atom stereocenters. The van der Waals surface area contributed by atoms with Crippen molar-refractivity contribution in [3.05, 3.63) is 28.7 Å². The second-order valence-corrected chi connectivity index (χ2v) is 7.61. The van der Waals surface area contributed by atoms with E-state index >= 15 is 0 Å². The number of nitrogens with one attached hydrogen (secondary N) is 1. The zero-order chi connectivity index (χ0) is 17.6. The molecule has 3 rings (SSSR count). The number of amides is 2. The lowest BCUT2D eigenvalue weighted by Gasteiger charge is -2.34. The van der Waals surface area contributed by atoms with Gasteiger partial charge < -0.3 is 10.2 Å². The third-order valence-corrected chi connectivity index (χ3v) is 5.31. The van der Waals surface area contributed by atoms with E-state index in [2.05, 4.69) is 31.0 Å². The van der Waals surface area contributed by atoms with Gasteiger partial charge in [0, 0.05) is 49.4 Å². The molecule has 0 unspecified atom stereocenters. The largest absolute Gasteiger partial charge is 0.342 e. The normalized spacial score (nSPS) is 19.2. The summed E-state index contributed by atoms with van der Waals surface area (Å²) in [5, 5.41) is 2.92. The lowest BCUT2D eigenvalue weighted by Crippen LogP contribution is -2.51. The minimum absolute atomic E-state index is 0.00363. The average Bonchev–Trinajstić information content (AvgIpc) is 3.13. The smallest absolute Gasteiger partial charge is 0.238 e. The Kier molecular flexibility index (Phi) is 6.45. The molecule has 2 saturated heterocycles. The maximum atomic E-state index is 12.2. The van der Waals surface area contributed by atoms with Crippen LogP contribution in [0.2, 0.25) is 0 Å². The average molecular weight is 409 g/mol. The predicted molar refractivity (Wildman–Crippen MR) is 101 cm³/mol. The molecule has 0 aromatic heterocycles. The number of halogens is 1. The van der Waals surface area contributed by atoms with E-state index in [-0.39, 0.29) is 11.8 Å². The second-order valence-electron chi connectivity index (χ2n) is 6.70. The van der Waals surface area contributed by atoms with Crippen LogP contribution in [0.4, 0.5) is 5.69 Å². The van der Waals surface area contributed by atoms with Crippen LogP contribution in [0.3, 0.4) is 0 Å². The van der Waals surface area contributed by atoms with Crippen molar-refractivity contribution in [2.75, 3.05) is 57.7 Å². The van der Waals surface area contributed by atoms with Crippen molar-refractivity contribution in [3.63, 3.8) is 0 Å². The molecule has 0 radical (unpaired) electrons. The molecule has 6 nitrogen and oxygen atoms in total. The molecule has 2 aliphatic rings. The van der Waals surface area contributed by atoms with E-state index in [1.54, 1.807) is 0 Å². The summed E-state index contributed by atoms with van der Waals surface area (Å²) < 4.78 is 0.991. The Labute approximate surface area is 157 Å². The summed E-state index contributed by atoms with van der Waals surface area (Å²) >= 11 is 3.38. The molecule has 1 aromatic carbocycles. The molecular weight excluding hydrogens is 384 g/mol. The molecule has 25 heavy (non-hydrogen) atoms. The van der Waals surface area contributed by atoms with Gasteiger partial charge in [-0.25, -0.2) is 0 Å². The fraction of sp³-hybridized carbons (Fsp3) is 0.556. The number of carbonyl (C=O) groups excluding carboxylic acids is 2. The van der Waals surface area contributed by atoms with Gasteiger partial charge in [-0.15, -0.1) is 0 Å². The molecular formula is C18H25BrN4O2. The number of benzene rings is 1.